The van der Waals surface area contributed by atoms with Crippen molar-refractivity contribution in [3.63, 3.8) is 0 Å². The second-order valence-electron chi connectivity index (χ2n) is 3.86. The van der Waals surface area contributed by atoms with E-state index in [1.165, 1.54) is 12.3 Å². The summed E-state index contributed by atoms with van der Waals surface area (Å²) >= 11 is 2.10. The van der Waals surface area contributed by atoms with Crippen LogP contribution in [0, 0.1) is 16.3 Å². The molecule has 19 heavy (non-hydrogen) atoms. The Hall–Kier alpha value is -1.22. The molecule has 0 saturated heterocycles. The van der Waals surface area contributed by atoms with E-state index in [9.17, 15) is 12.8 Å². The molecule has 1 aromatic carbocycles. The van der Waals surface area contributed by atoms with Crippen molar-refractivity contribution in [1.29, 1.82) is 0 Å². The van der Waals surface area contributed by atoms with Crippen LogP contribution in [0.1, 0.15) is 5.56 Å². The lowest BCUT2D eigenvalue weighted by atomic mass is 10.2. The molecule has 7 heteroatoms. The summed E-state index contributed by atoms with van der Waals surface area (Å²) < 4.78 is 40.7. The lowest BCUT2D eigenvalue weighted by molar-refractivity contribution is 0.557. The molecule has 0 unspecified atom stereocenters. The molecule has 0 atom stereocenters. The minimum Gasteiger partial charge on any atom is -0.278 e. The lowest BCUT2D eigenvalue weighted by Gasteiger charge is -2.09. The van der Waals surface area contributed by atoms with Crippen LogP contribution in [0.15, 0.2) is 41.6 Å². The second kappa shape index (κ2) is 5.41. The quantitative estimate of drug-likeness (QED) is 0.818. The number of aromatic nitrogens is 1. The average molecular weight is 392 g/mol. The fourth-order valence-electron chi connectivity index (χ4n) is 1.43. The molecule has 2 rings (SSSR count). The summed E-state index contributed by atoms with van der Waals surface area (Å²) in [4.78, 5) is 3.56. The van der Waals surface area contributed by atoms with Crippen molar-refractivity contribution < 1.29 is 12.8 Å². The first-order chi connectivity index (χ1) is 8.90. The van der Waals surface area contributed by atoms with Crippen molar-refractivity contribution in [3.8, 4) is 0 Å². The van der Waals surface area contributed by atoms with E-state index in [-0.39, 0.29) is 0 Å². The van der Waals surface area contributed by atoms with Gasteiger partial charge >= 0.3 is 0 Å². The highest BCUT2D eigenvalue weighted by molar-refractivity contribution is 14.1. The number of pyridine rings is 1. The number of aryl methyl sites for hydroxylation is 1. The molecule has 2 aromatic rings. The van der Waals surface area contributed by atoms with E-state index < -0.39 is 20.9 Å². The van der Waals surface area contributed by atoms with Crippen LogP contribution in [0.5, 0.6) is 0 Å². The van der Waals surface area contributed by atoms with Gasteiger partial charge in [-0.25, -0.2) is 9.37 Å². The van der Waals surface area contributed by atoms with E-state index in [1.807, 2.05) is 6.92 Å². The number of anilines is 1. The predicted octanol–water partition coefficient (Wildman–Crippen LogP) is 2.93. The fourth-order valence-corrected chi connectivity index (χ4v) is 3.00. The molecular formula is C12H10FIN2O2S. The number of benzene rings is 1. The van der Waals surface area contributed by atoms with Gasteiger partial charge in [-0.3, -0.25) is 4.72 Å². The Bertz CT molecular complexity index is 719. The van der Waals surface area contributed by atoms with Gasteiger partial charge in [0.15, 0.2) is 5.82 Å². The van der Waals surface area contributed by atoms with E-state index in [1.54, 1.807) is 18.2 Å². The van der Waals surface area contributed by atoms with Gasteiger partial charge in [-0.15, -0.1) is 0 Å². The molecule has 0 radical (unpaired) electrons. The van der Waals surface area contributed by atoms with Gasteiger partial charge in [0, 0.05) is 15.5 Å². The molecule has 0 aliphatic heterocycles. The zero-order valence-electron chi connectivity index (χ0n) is 9.89. The Labute approximate surface area is 124 Å². The topological polar surface area (TPSA) is 59.1 Å². The first-order valence-corrected chi connectivity index (χ1v) is 7.86. The molecular weight excluding hydrogens is 382 g/mol. The van der Waals surface area contributed by atoms with Gasteiger partial charge in [0.05, 0.1) is 0 Å². The Balaban J connectivity index is 2.37. The van der Waals surface area contributed by atoms with Gasteiger partial charge in [0.1, 0.15) is 0 Å². The minimum atomic E-state index is -4.01. The van der Waals surface area contributed by atoms with Gasteiger partial charge in [-0.05, 0) is 59.3 Å². The van der Waals surface area contributed by atoms with Crippen molar-refractivity contribution in [2.75, 3.05) is 4.72 Å². The molecule has 100 valence electrons. The van der Waals surface area contributed by atoms with Crippen molar-refractivity contribution in [2.24, 2.45) is 0 Å². The van der Waals surface area contributed by atoms with E-state index in [0.29, 0.717) is 5.69 Å². The maximum Gasteiger partial charge on any atom is 0.282 e. The highest BCUT2D eigenvalue weighted by atomic mass is 127. The standard InChI is InChI=1S/C12H10FIN2O2S/c1-8-4-5-9(7-11(8)14)16-19(17,18)12-10(13)3-2-6-15-12/h2-7,16H,1H3. The third-order valence-corrected chi connectivity index (χ3v) is 4.88. The molecule has 1 N–H and O–H groups in total. The summed E-state index contributed by atoms with van der Waals surface area (Å²) in [5.41, 5.74) is 1.41. The summed E-state index contributed by atoms with van der Waals surface area (Å²) in [5.74, 6) is -0.878. The first kappa shape index (κ1) is 14.2. The molecule has 0 aliphatic carbocycles. The Morgan fingerprint density at radius 1 is 1.32 bits per heavy atom. The summed E-state index contributed by atoms with van der Waals surface area (Å²) in [7, 11) is -4.01. The van der Waals surface area contributed by atoms with Crippen LogP contribution in [-0.2, 0) is 10.0 Å². The summed E-state index contributed by atoms with van der Waals surface area (Å²) in [6.07, 6.45) is 1.23. The van der Waals surface area contributed by atoms with Gasteiger partial charge in [0.2, 0.25) is 5.03 Å². The lowest BCUT2D eigenvalue weighted by Crippen LogP contribution is -2.16. The van der Waals surface area contributed by atoms with Gasteiger partial charge in [0.25, 0.3) is 10.0 Å². The van der Waals surface area contributed by atoms with Crippen molar-refractivity contribution >= 4 is 38.3 Å². The van der Waals surface area contributed by atoms with Crippen LogP contribution in [0.3, 0.4) is 0 Å². The Kier molecular flexibility index (Phi) is 4.04. The number of nitrogens with zero attached hydrogens (tertiary/aromatic N) is 1. The summed E-state index contributed by atoms with van der Waals surface area (Å²) in [5, 5.41) is -0.606. The average Bonchev–Trinajstić information content (AvgIpc) is 2.34. The van der Waals surface area contributed by atoms with E-state index in [2.05, 4.69) is 32.3 Å². The number of nitrogens with one attached hydrogen (secondary N) is 1. The molecule has 0 saturated carbocycles. The first-order valence-electron chi connectivity index (χ1n) is 5.29. The SMILES string of the molecule is Cc1ccc(NS(=O)(=O)c2ncccc2F)cc1I. The summed E-state index contributed by atoms with van der Waals surface area (Å²) in [6, 6.07) is 7.47. The van der Waals surface area contributed by atoms with E-state index >= 15 is 0 Å². The Morgan fingerprint density at radius 2 is 2.05 bits per heavy atom. The van der Waals surface area contributed by atoms with Gasteiger partial charge in [-0.2, -0.15) is 8.42 Å². The number of hydrogen-bond acceptors (Lipinski definition) is 3. The zero-order valence-corrected chi connectivity index (χ0v) is 12.9. The molecule has 0 bridgehead atoms. The zero-order chi connectivity index (χ0) is 14.0. The normalized spacial score (nSPS) is 11.3. The van der Waals surface area contributed by atoms with Crippen molar-refractivity contribution in [1.82, 2.24) is 4.98 Å². The number of rotatable bonds is 3. The van der Waals surface area contributed by atoms with E-state index in [0.717, 1.165) is 15.2 Å². The molecule has 1 heterocycles. The highest BCUT2D eigenvalue weighted by Crippen LogP contribution is 2.20. The predicted molar refractivity (Wildman–Crippen MR) is 78.9 cm³/mol. The molecule has 4 nitrogen and oxygen atoms in total. The smallest absolute Gasteiger partial charge is 0.278 e. The minimum absolute atomic E-state index is 0.375. The second-order valence-corrected chi connectivity index (χ2v) is 6.62. The molecule has 1 aromatic heterocycles. The molecule has 0 aliphatic rings. The Morgan fingerprint density at radius 3 is 2.68 bits per heavy atom. The molecule has 0 fully saturated rings. The fraction of sp³-hybridized carbons (Fsp3) is 0.0833. The number of hydrogen-bond donors (Lipinski definition) is 1. The van der Waals surface area contributed by atoms with Gasteiger partial charge in [-0.1, -0.05) is 6.07 Å². The third kappa shape index (κ3) is 3.21. The molecule has 0 spiro atoms. The largest absolute Gasteiger partial charge is 0.282 e. The monoisotopic (exact) mass is 392 g/mol. The highest BCUT2D eigenvalue weighted by Gasteiger charge is 2.20. The molecule has 0 amide bonds. The van der Waals surface area contributed by atoms with Crippen LogP contribution in [0.25, 0.3) is 0 Å². The summed E-state index contributed by atoms with van der Waals surface area (Å²) in [6.45, 7) is 1.92. The maximum atomic E-state index is 13.4. The van der Waals surface area contributed by atoms with Crippen LogP contribution in [0.2, 0.25) is 0 Å². The van der Waals surface area contributed by atoms with Crippen molar-refractivity contribution in [2.45, 2.75) is 11.9 Å². The third-order valence-electron chi connectivity index (χ3n) is 2.40. The maximum absolute atomic E-state index is 13.4. The van der Waals surface area contributed by atoms with Gasteiger partial charge < -0.3 is 0 Å². The van der Waals surface area contributed by atoms with Crippen LogP contribution in [-0.4, -0.2) is 13.4 Å². The van der Waals surface area contributed by atoms with Crippen LogP contribution < -0.4 is 4.72 Å². The van der Waals surface area contributed by atoms with Crippen LogP contribution in [0.4, 0.5) is 10.1 Å². The number of sulfonamides is 1. The number of halogens is 2. The van der Waals surface area contributed by atoms with Crippen molar-refractivity contribution in [3.05, 3.63) is 51.5 Å². The van der Waals surface area contributed by atoms with Crippen LogP contribution >= 0.6 is 22.6 Å². The van der Waals surface area contributed by atoms with E-state index in [4.69, 9.17) is 0 Å².